The first-order valence-corrected chi connectivity index (χ1v) is 8.03. The Kier molecular flexibility index (Phi) is 3.66. The van der Waals surface area contributed by atoms with E-state index < -0.39 is 0 Å². The molecule has 2 aliphatic carbocycles. The van der Waals surface area contributed by atoms with Crippen molar-refractivity contribution in [2.75, 3.05) is 0 Å². The molecule has 0 amide bonds. The summed E-state index contributed by atoms with van der Waals surface area (Å²) >= 11 is 0. The zero-order valence-corrected chi connectivity index (χ0v) is 12.1. The van der Waals surface area contributed by atoms with Crippen molar-refractivity contribution in [3.05, 3.63) is 35.4 Å². The maximum absolute atomic E-state index is 11.2. The maximum Gasteiger partial charge on any atom is 0.0710 e. The van der Waals surface area contributed by atoms with Crippen LogP contribution in [0.5, 0.6) is 0 Å². The van der Waals surface area contributed by atoms with Crippen LogP contribution < -0.4 is 0 Å². The van der Waals surface area contributed by atoms with E-state index in [4.69, 9.17) is 0 Å². The van der Waals surface area contributed by atoms with Crippen molar-refractivity contribution in [3.63, 3.8) is 0 Å². The van der Waals surface area contributed by atoms with Gasteiger partial charge in [0.1, 0.15) is 0 Å². The molecule has 104 valence electrons. The highest BCUT2D eigenvalue weighted by Crippen LogP contribution is 2.49. The highest BCUT2D eigenvalue weighted by molar-refractivity contribution is 5.31. The van der Waals surface area contributed by atoms with Gasteiger partial charge in [-0.3, -0.25) is 0 Å². The Morgan fingerprint density at radius 1 is 1.05 bits per heavy atom. The number of rotatable bonds is 4. The first kappa shape index (κ1) is 13.2. The van der Waals surface area contributed by atoms with E-state index in [1.54, 1.807) is 0 Å². The maximum atomic E-state index is 11.2. The molecule has 2 atom stereocenters. The minimum absolute atomic E-state index is 0.381. The van der Waals surface area contributed by atoms with E-state index in [1.165, 1.54) is 43.2 Å². The number of unbranched alkanes of at least 4 members (excludes halogenated alkanes) is 2. The van der Waals surface area contributed by atoms with Crippen molar-refractivity contribution in [1.29, 1.82) is 0 Å². The van der Waals surface area contributed by atoms with Crippen molar-refractivity contribution in [3.8, 4) is 0 Å². The molecule has 1 saturated carbocycles. The fourth-order valence-electron chi connectivity index (χ4n) is 4.35. The van der Waals surface area contributed by atoms with Crippen molar-refractivity contribution >= 4 is 0 Å². The molecule has 1 aromatic carbocycles. The lowest BCUT2D eigenvalue weighted by Crippen LogP contribution is -2.40. The standard InChI is InChI=1S/C18H26O/c1-2-3-6-11-18(19)16-9-10-17(18)13-15-8-5-4-7-14(15)12-16/h4-5,7-8,16-17,19H,2-3,6,9-13H2,1H3. The summed E-state index contributed by atoms with van der Waals surface area (Å²) in [5, 5.41) is 11.2. The summed E-state index contributed by atoms with van der Waals surface area (Å²) in [5.41, 5.74) is 2.60. The summed E-state index contributed by atoms with van der Waals surface area (Å²) < 4.78 is 0. The van der Waals surface area contributed by atoms with Gasteiger partial charge in [0.05, 0.1) is 5.60 Å². The summed E-state index contributed by atoms with van der Waals surface area (Å²) in [5.74, 6) is 0.996. The summed E-state index contributed by atoms with van der Waals surface area (Å²) in [6, 6.07) is 8.83. The molecule has 0 heterocycles. The second-order valence-corrected chi connectivity index (χ2v) is 6.60. The van der Waals surface area contributed by atoms with Crippen LogP contribution in [-0.2, 0) is 12.8 Å². The van der Waals surface area contributed by atoms with Gasteiger partial charge in [0.15, 0.2) is 0 Å². The van der Waals surface area contributed by atoms with Crippen LogP contribution in [0.25, 0.3) is 0 Å². The first-order valence-electron chi connectivity index (χ1n) is 8.03. The highest BCUT2D eigenvalue weighted by atomic mass is 16.3. The number of fused-ring (bicyclic) bond motifs is 3. The molecule has 2 bridgehead atoms. The minimum Gasteiger partial charge on any atom is -0.389 e. The molecule has 2 aliphatic rings. The Bertz CT molecular complexity index is 404. The molecule has 0 aliphatic heterocycles. The van der Waals surface area contributed by atoms with Gasteiger partial charge in [-0.1, -0.05) is 50.5 Å². The Hall–Kier alpha value is -0.820. The van der Waals surface area contributed by atoms with Crippen LogP contribution in [0.2, 0.25) is 0 Å². The van der Waals surface area contributed by atoms with Gasteiger partial charge in [-0.05, 0) is 55.1 Å². The van der Waals surface area contributed by atoms with Crippen molar-refractivity contribution in [2.24, 2.45) is 11.8 Å². The van der Waals surface area contributed by atoms with Crippen LogP contribution in [0.15, 0.2) is 24.3 Å². The average Bonchev–Trinajstić information content (AvgIpc) is 2.62. The highest BCUT2D eigenvalue weighted by Gasteiger charge is 2.49. The molecule has 1 aromatic rings. The first-order chi connectivity index (χ1) is 9.24. The topological polar surface area (TPSA) is 20.2 Å². The Morgan fingerprint density at radius 3 is 2.16 bits per heavy atom. The second-order valence-electron chi connectivity index (χ2n) is 6.60. The van der Waals surface area contributed by atoms with Gasteiger partial charge in [0, 0.05) is 0 Å². The third kappa shape index (κ3) is 2.33. The number of hydrogen-bond donors (Lipinski definition) is 1. The average molecular weight is 258 g/mol. The third-order valence-corrected chi connectivity index (χ3v) is 5.51. The molecule has 1 fully saturated rings. The lowest BCUT2D eigenvalue weighted by Gasteiger charge is -2.34. The molecule has 1 heteroatoms. The summed E-state index contributed by atoms with van der Waals surface area (Å²) in [6.45, 7) is 2.24. The summed E-state index contributed by atoms with van der Waals surface area (Å²) in [4.78, 5) is 0. The zero-order valence-electron chi connectivity index (χ0n) is 12.1. The Morgan fingerprint density at radius 2 is 1.63 bits per heavy atom. The lowest BCUT2D eigenvalue weighted by molar-refractivity contribution is -0.0426. The molecular formula is C18H26O. The van der Waals surface area contributed by atoms with Crippen LogP contribution in [-0.4, -0.2) is 10.7 Å². The van der Waals surface area contributed by atoms with Crippen molar-refractivity contribution in [1.82, 2.24) is 0 Å². The van der Waals surface area contributed by atoms with Crippen LogP contribution in [0.3, 0.4) is 0 Å². The summed E-state index contributed by atoms with van der Waals surface area (Å²) in [6.07, 6.45) is 9.34. The fraction of sp³-hybridized carbons (Fsp3) is 0.667. The van der Waals surface area contributed by atoms with E-state index in [0.717, 1.165) is 19.3 Å². The van der Waals surface area contributed by atoms with Crippen molar-refractivity contribution in [2.45, 2.75) is 63.9 Å². The van der Waals surface area contributed by atoms with Crippen LogP contribution in [0.1, 0.15) is 56.6 Å². The largest absolute Gasteiger partial charge is 0.389 e. The monoisotopic (exact) mass is 258 g/mol. The van der Waals surface area contributed by atoms with Gasteiger partial charge in [-0.15, -0.1) is 0 Å². The molecule has 0 saturated heterocycles. The molecule has 3 rings (SSSR count). The van der Waals surface area contributed by atoms with Crippen LogP contribution in [0.4, 0.5) is 0 Å². The molecule has 0 aromatic heterocycles. The quantitative estimate of drug-likeness (QED) is 0.805. The van der Waals surface area contributed by atoms with Gasteiger partial charge in [0.25, 0.3) is 0 Å². The predicted molar refractivity (Wildman–Crippen MR) is 79.2 cm³/mol. The Labute approximate surface area is 117 Å². The number of benzene rings is 1. The van der Waals surface area contributed by atoms with Gasteiger partial charge in [0.2, 0.25) is 0 Å². The van der Waals surface area contributed by atoms with Crippen LogP contribution >= 0.6 is 0 Å². The van der Waals surface area contributed by atoms with Crippen LogP contribution in [0, 0.1) is 11.8 Å². The van der Waals surface area contributed by atoms with E-state index in [1.807, 2.05) is 0 Å². The predicted octanol–water partition coefficient (Wildman–Crippen LogP) is 4.12. The molecule has 1 nitrogen and oxygen atoms in total. The number of aliphatic hydroxyl groups is 1. The van der Waals surface area contributed by atoms with E-state index in [-0.39, 0.29) is 5.60 Å². The van der Waals surface area contributed by atoms with Crippen molar-refractivity contribution < 1.29 is 5.11 Å². The van der Waals surface area contributed by atoms with E-state index in [2.05, 4.69) is 31.2 Å². The van der Waals surface area contributed by atoms with Gasteiger partial charge in [-0.2, -0.15) is 0 Å². The normalized spacial score (nSPS) is 32.9. The lowest BCUT2D eigenvalue weighted by atomic mass is 9.78. The molecule has 1 N–H and O–H groups in total. The SMILES string of the molecule is CCCCCC1(O)C2CCC1Cc1ccccc1C2. The molecule has 2 unspecified atom stereocenters. The van der Waals surface area contributed by atoms with Gasteiger partial charge < -0.3 is 5.11 Å². The molecular weight excluding hydrogens is 232 g/mol. The number of hydrogen-bond acceptors (Lipinski definition) is 1. The van der Waals surface area contributed by atoms with E-state index in [9.17, 15) is 5.11 Å². The molecule has 0 radical (unpaired) electrons. The van der Waals surface area contributed by atoms with Gasteiger partial charge in [-0.25, -0.2) is 0 Å². The second kappa shape index (κ2) is 5.28. The smallest absolute Gasteiger partial charge is 0.0710 e. The Balaban J connectivity index is 1.82. The van der Waals surface area contributed by atoms with E-state index >= 15 is 0 Å². The fourth-order valence-corrected chi connectivity index (χ4v) is 4.35. The third-order valence-electron chi connectivity index (χ3n) is 5.51. The zero-order chi connectivity index (χ0) is 13.3. The summed E-state index contributed by atoms with van der Waals surface area (Å²) in [7, 11) is 0. The van der Waals surface area contributed by atoms with Gasteiger partial charge >= 0.3 is 0 Å². The minimum atomic E-state index is -0.381. The molecule has 19 heavy (non-hydrogen) atoms. The molecule has 0 spiro atoms. The van der Waals surface area contributed by atoms with E-state index in [0.29, 0.717) is 11.8 Å².